The normalized spacial score (nSPS) is 17.5. The molecular weight excluding hydrogens is 655 g/mol. The van der Waals surface area contributed by atoms with Crippen molar-refractivity contribution in [2.75, 3.05) is 66.7 Å². The third-order valence-electron chi connectivity index (χ3n) is 7.42. The summed E-state index contributed by atoms with van der Waals surface area (Å²) in [5.74, 6) is -1.73. The third kappa shape index (κ3) is 7.22. The van der Waals surface area contributed by atoms with Crippen LogP contribution in [0.4, 0.5) is 4.79 Å². The summed E-state index contributed by atoms with van der Waals surface area (Å²) in [6.07, 6.45) is 0. The van der Waals surface area contributed by atoms with Crippen LogP contribution in [0.25, 0.3) is 10.8 Å². The maximum absolute atomic E-state index is 13.6. The van der Waals surface area contributed by atoms with E-state index >= 15 is 0 Å². The summed E-state index contributed by atoms with van der Waals surface area (Å²) >= 11 is 2.26. The SMILES string of the molecule is CCOC(=O)C1=C(COCCN2CCN(C(=O)NC)CC2)NC(C)=C(C(=O)OC)C1c1c(I)ccc2ccccc12.O. The molecule has 2 amide bonds. The number of hydrogen-bond donors (Lipinski definition) is 2. The molecule has 0 bridgehead atoms. The number of allylic oxidation sites excluding steroid dienone is 1. The first-order valence-corrected chi connectivity index (χ1v) is 14.8. The van der Waals surface area contributed by atoms with Gasteiger partial charge in [-0.2, -0.15) is 0 Å². The highest BCUT2D eigenvalue weighted by molar-refractivity contribution is 14.1. The number of fused-ring (bicyclic) bond motifs is 1. The summed E-state index contributed by atoms with van der Waals surface area (Å²) in [5.41, 5.74) is 2.71. The molecule has 4 rings (SSSR count). The van der Waals surface area contributed by atoms with Gasteiger partial charge in [-0.25, -0.2) is 14.4 Å². The molecule has 0 aromatic heterocycles. The molecule has 1 atom stereocenters. The number of ether oxygens (including phenoxy) is 3. The zero-order valence-electron chi connectivity index (χ0n) is 24.4. The zero-order chi connectivity index (χ0) is 29.5. The number of nitrogens with zero attached hydrogens (tertiary/aromatic N) is 2. The summed E-state index contributed by atoms with van der Waals surface area (Å²) in [7, 11) is 2.98. The lowest BCUT2D eigenvalue weighted by Gasteiger charge is -2.34. The minimum Gasteiger partial charge on any atom is -0.466 e. The molecule has 0 radical (unpaired) electrons. The Hall–Kier alpha value is -3.20. The average Bonchev–Trinajstić information content (AvgIpc) is 2.98. The van der Waals surface area contributed by atoms with Gasteiger partial charge in [0.2, 0.25) is 0 Å². The van der Waals surface area contributed by atoms with Gasteiger partial charge in [-0.05, 0) is 58.8 Å². The van der Waals surface area contributed by atoms with Crippen molar-refractivity contribution in [1.29, 1.82) is 0 Å². The number of nitrogens with one attached hydrogen (secondary N) is 2. The Kier molecular flexibility index (Phi) is 12.2. The van der Waals surface area contributed by atoms with Crippen LogP contribution in [0.2, 0.25) is 0 Å². The molecule has 12 heteroatoms. The first-order valence-electron chi connectivity index (χ1n) is 13.7. The van der Waals surface area contributed by atoms with Crippen LogP contribution in [0.5, 0.6) is 0 Å². The highest BCUT2D eigenvalue weighted by atomic mass is 127. The van der Waals surface area contributed by atoms with Gasteiger partial charge < -0.3 is 35.2 Å². The van der Waals surface area contributed by atoms with Gasteiger partial charge in [0.25, 0.3) is 0 Å². The molecular formula is C30H39IN4O7. The lowest BCUT2D eigenvalue weighted by Crippen LogP contribution is -2.51. The van der Waals surface area contributed by atoms with E-state index in [0.29, 0.717) is 48.8 Å². The summed E-state index contributed by atoms with van der Waals surface area (Å²) in [4.78, 5) is 42.7. The Bertz CT molecular complexity index is 1370. The lowest BCUT2D eigenvalue weighted by atomic mass is 9.78. The molecule has 228 valence electrons. The predicted octanol–water partition coefficient (Wildman–Crippen LogP) is 2.54. The van der Waals surface area contributed by atoms with E-state index in [0.717, 1.165) is 33.0 Å². The van der Waals surface area contributed by atoms with Gasteiger partial charge in [-0.3, -0.25) is 4.90 Å². The van der Waals surface area contributed by atoms with Crippen LogP contribution >= 0.6 is 22.6 Å². The number of amides is 2. The molecule has 2 aliphatic rings. The topological polar surface area (TPSA) is 141 Å². The molecule has 4 N–H and O–H groups in total. The lowest BCUT2D eigenvalue weighted by molar-refractivity contribution is -0.139. The zero-order valence-corrected chi connectivity index (χ0v) is 26.6. The molecule has 42 heavy (non-hydrogen) atoms. The summed E-state index contributed by atoms with van der Waals surface area (Å²) in [6.45, 7) is 7.86. The number of esters is 2. The Morgan fingerprint density at radius 3 is 2.43 bits per heavy atom. The van der Waals surface area contributed by atoms with Crippen LogP contribution in [0.15, 0.2) is 58.9 Å². The number of carbonyl (C=O) groups excluding carboxylic acids is 3. The second-order valence-corrected chi connectivity index (χ2v) is 11.0. The third-order valence-corrected chi connectivity index (χ3v) is 8.36. The monoisotopic (exact) mass is 694 g/mol. The molecule has 0 saturated carbocycles. The van der Waals surface area contributed by atoms with Crippen molar-refractivity contribution >= 4 is 51.3 Å². The molecule has 2 aromatic rings. The van der Waals surface area contributed by atoms with Crippen molar-refractivity contribution in [2.45, 2.75) is 19.8 Å². The van der Waals surface area contributed by atoms with E-state index < -0.39 is 17.9 Å². The average molecular weight is 695 g/mol. The standard InChI is InChI=1S/C30H37IN4O6.H2O/c1-5-41-29(37)26-23(18-40-17-16-34-12-14-35(15-13-34)30(38)32-3)33-19(2)24(28(36)39-4)27(26)25-21-9-7-6-8-20(21)10-11-22(25)31;/h6-11,27,33H,5,12-18H2,1-4H3,(H,32,38);1H2. The van der Waals surface area contributed by atoms with Crippen LogP contribution in [0.3, 0.4) is 0 Å². The van der Waals surface area contributed by atoms with Gasteiger partial charge in [-0.1, -0.05) is 30.3 Å². The molecule has 2 aliphatic heterocycles. The molecule has 2 heterocycles. The predicted molar refractivity (Wildman–Crippen MR) is 168 cm³/mol. The van der Waals surface area contributed by atoms with Crippen LogP contribution < -0.4 is 10.6 Å². The molecule has 11 nitrogen and oxygen atoms in total. The van der Waals surface area contributed by atoms with Crippen molar-refractivity contribution in [2.24, 2.45) is 0 Å². The van der Waals surface area contributed by atoms with E-state index in [4.69, 9.17) is 14.2 Å². The maximum atomic E-state index is 13.6. The highest BCUT2D eigenvalue weighted by Gasteiger charge is 2.40. The minimum atomic E-state index is -0.711. The summed E-state index contributed by atoms with van der Waals surface area (Å²) in [5, 5.41) is 7.88. The van der Waals surface area contributed by atoms with Gasteiger partial charge in [0.05, 0.1) is 49.7 Å². The van der Waals surface area contributed by atoms with Crippen LogP contribution in [0, 0.1) is 3.57 Å². The molecule has 0 aliphatic carbocycles. The minimum absolute atomic E-state index is 0. The second-order valence-electron chi connectivity index (χ2n) is 9.82. The van der Waals surface area contributed by atoms with Crippen LogP contribution in [-0.4, -0.2) is 99.9 Å². The van der Waals surface area contributed by atoms with Crippen molar-refractivity contribution in [3.05, 3.63) is 68.1 Å². The van der Waals surface area contributed by atoms with Gasteiger partial charge in [0.15, 0.2) is 0 Å². The number of piperazine rings is 1. The Balaban J connectivity index is 0.00000484. The van der Waals surface area contributed by atoms with Gasteiger partial charge in [0.1, 0.15) is 0 Å². The van der Waals surface area contributed by atoms with Crippen molar-refractivity contribution in [3.8, 4) is 0 Å². The number of halogens is 1. The Labute approximate surface area is 259 Å². The molecule has 0 spiro atoms. The van der Waals surface area contributed by atoms with Crippen LogP contribution in [0.1, 0.15) is 25.3 Å². The Morgan fingerprint density at radius 2 is 1.76 bits per heavy atom. The van der Waals surface area contributed by atoms with E-state index in [1.54, 1.807) is 18.9 Å². The number of methoxy groups -OCH3 is 1. The van der Waals surface area contributed by atoms with E-state index in [1.807, 2.05) is 43.3 Å². The fourth-order valence-corrected chi connectivity index (χ4v) is 6.17. The van der Waals surface area contributed by atoms with Gasteiger partial charge in [-0.15, -0.1) is 0 Å². The van der Waals surface area contributed by atoms with E-state index in [1.165, 1.54) is 7.11 Å². The van der Waals surface area contributed by atoms with E-state index in [-0.39, 0.29) is 24.7 Å². The quantitative estimate of drug-likeness (QED) is 0.232. The first-order chi connectivity index (χ1) is 19.8. The van der Waals surface area contributed by atoms with Crippen molar-refractivity contribution in [3.63, 3.8) is 0 Å². The van der Waals surface area contributed by atoms with Crippen molar-refractivity contribution < 1.29 is 34.1 Å². The van der Waals surface area contributed by atoms with E-state index in [9.17, 15) is 14.4 Å². The van der Waals surface area contributed by atoms with Crippen LogP contribution in [-0.2, 0) is 23.8 Å². The molecule has 2 aromatic carbocycles. The largest absolute Gasteiger partial charge is 0.466 e. The summed E-state index contributed by atoms with van der Waals surface area (Å²) in [6, 6.07) is 11.9. The molecule has 1 fully saturated rings. The van der Waals surface area contributed by atoms with Gasteiger partial charge in [0, 0.05) is 49.0 Å². The fourth-order valence-electron chi connectivity index (χ4n) is 5.39. The number of carbonyl (C=O) groups is 3. The number of urea groups is 1. The smallest absolute Gasteiger partial charge is 0.336 e. The van der Waals surface area contributed by atoms with Crippen molar-refractivity contribution in [1.82, 2.24) is 20.4 Å². The second kappa shape index (κ2) is 15.3. The number of benzene rings is 2. The highest BCUT2D eigenvalue weighted by Crippen LogP contribution is 2.43. The maximum Gasteiger partial charge on any atom is 0.336 e. The van der Waals surface area contributed by atoms with E-state index in [2.05, 4.69) is 38.1 Å². The molecule has 1 saturated heterocycles. The van der Waals surface area contributed by atoms with Gasteiger partial charge >= 0.3 is 18.0 Å². The summed E-state index contributed by atoms with van der Waals surface area (Å²) < 4.78 is 17.8. The Morgan fingerprint density at radius 1 is 1.05 bits per heavy atom. The molecule has 1 unspecified atom stereocenters. The first kappa shape index (κ1) is 33.3. The fraction of sp³-hybridized carbons (Fsp3) is 0.433. The number of hydrogen-bond acceptors (Lipinski definition) is 8. The number of rotatable bonds is 9. The number of dihydropyridines is 1.